The molecule has 154 valence electrons. The highest BCUT2D eigenvalue weighted by Gasteiger charge is 2.17. The Labute approximate surface area is 166 Å². The molecule has 0 saturated heterocycles. The van der Waals surface area contributed by atoms with Gasteiger partial charge in [-0.1, -0.05) is 29.8 Å². The van der Waals surface area contributed by atoms with E-state index in [0.29, 0.717) is 4.90 Å². The predicted octanol–water partition coefficient (Wildman–Crippen LogP) is 0.546. The summed E-state index contributed by atoms with van der Waals surface area (Å²) < 4.78 is 48.6. The lowest BCUT2D eigenvalue weighted by atomic mass is 10.2. The Kier molecular flexibility index (Phi) is 7.88. The Morgan fingerprint density at radius 3 is 1.32 bits per heavy atom. The first kappa shape index (κ1) is 23.8. The molecule has 2 aromatic rings. The molecule has 0 heterocycles. The third kappa shape index (κ3) is 5.86. The van der Waals surface area contributed by atoms with Gasteiger partial charge in [0, 0.05) is 28.2 Å². The van der Waals surface area contributed by atoms with E-state index in [9.17, 15) is 26.7 Å². The number of aryl methyl sites for hydroxylation is 1. The standard InChI is InChI=1S/C9H11NO4S.C9H13NO2S/c1-10(2)15(13,14)8-5-3-7(4-6-8)9(11)12;1-8-4-6-9(7-5-8)13(11,12)10(2)3/h3-6H,1-2H3,(H,11,12);4-7H,1-3H3/p-1. The van der Waals surface area contributed by atoms with Crippen molar-refractivity contribution in [2.24, 2.45) is 0 Å². The van der Waals surface area contributed by atoms with Crippen LogP contribution in [0.4, 0.5) is 0 Å². The Morgan fingerprint density at radius 2 is 1.04 bits per heavy atom. The summed E-state index contributed by atoms with van der Waals surface area (Å²) in [4.78, 5) is 10.8. The normalized spacial score (nSPS) is 11.8. The second kappa shape index (κ2) is 9.28. The predicted molar refractivity (Wildman–Crippen MR) is 104 cm³/mol. The summed E-state index contributed by atoms with van der Waals surface area (Å²) in [6.07, 6.45) is 0. The Balaban J connectivity index is 0.000000283. The first-order chi connectivity index (χ1) is 12.8. The average Bonchev–Trinajstić information content (AvgIpc) is 2.62. The van der Waals surface area contributed by atoms with Gasteiger partial charge in [0.2, 0.25) is 20.0 Å². The van der Waals surface area contributed by atoms with Crippen LogP contribution in [-0.4, -0.2) is 59.6 Å². The van der Waals surface area contributed by atoms with E-state index in [1.165, 1.54) is 56.8 Å². The fourth-order valence-corrected chi connectivity index (χ4v) is 3.70. The van der Waals surface area contributed by atoms with Gasteiger partial charge >= 0.3 is 0 Å². The number of aromatic carboxylic acids is 1. The third-order valence-corrected chi connectivity index (χ3v) is 7.33. The third-order valence-electron chi connectivity index (χ3n) is 3.67. The maximum Gasteiger partial charge on any atom is 0.242 e. The fraction of sp³-hybridized carbons (Fsp3) is 0.278. The molecule has 0 atom stereocenters. The van der Waals surface area contributed by atoms with Crippen molar-refractivity contribution in [2.75, 3.05) is 28.2 Å². The summed E-state index contributed by atoms with van der Waals surface area (Å²) in [7, 11) is -0.904. The molecule has 0 unspecified atom stereocenters. The van der Waals surface area contributed by atoms with Crippen molar-refractivity contribution in [1.29, 1.82) is 0 Å². The number of hydrogen-bond donors (Lipinski definition) is 0. The second-order valence-corrected chi connectivity index (χ2v) is 10.5. The molecule has 0 aliphatic rings. The molecular weight excluding hydrogens is 404 g/mol. The van der Waals surface area contributed by atoms with Crippen molar-refractivity contribution >= 4 is 26.0 Å². The second-order valence-electron chi connectivity index (χ2n) is 6.20. The summed E-state index contributed by atoms with van der Waals surface area (Å²) in [5, 5.41) is 10.4. The van der Waals surface area contributed by atoms with E-state index in [-0.39, 0.29) is 10.5 Å². The van der Waals surface area contributed by atoms with Crippen molar-refractivity contribution < 1.29 is 26.7 Å². The molecule has 2 aromatic carbocycles. The molecule has 0 aliphatic heterocycles. The van der Waals surface area contributed by atoms with Gasteiger partial charge in [0.15, 0.2) is 0 Å². The van der Waals surface area contributed by atoms with Crippen molar-refractivity contribution in [3.8, 4) is 0 Å². The van der Waals surface area contributed by atoms with Gasteiger partial charge in [-0.25, -0.2) is 25.4 Å². The van der Waals surface area contributed by atoms with Crippen LogP contribution in [0.1, 0.15) is 15.9 Å². The van der Waals surface area contributed by atoms with Gasteiger partial charge in [0.05, 0.1) is 15.8 Å². The van der Waals surface area contributed by atoms with Crippen LogP contribution in [0.25, 0.3) is 0 Å². The van der Waals surface area contributed by atoms with Crippen LogP contribution in [-0.2, 0) is 20.0 Å². The topological polar surface area (TPSA) is 115 Å². The van der Waals surface area contributed by atoms with E-state index in [1.807, 2.05) is 6.92 Å². The van der Waals surface area contributed by atoms with Gasteiger partial charge in [-0.3, -0.25) is 0 Å². The van der Waals surface area contributed by atoms with Gasteiger partial charge in [0.1, 0.15) is 0 Å². The van der Waals surface area contributed by atoms with E-state index in [0.717, 1.165) is 9.87 Å². The zero-order valence-corrected chi connectivity index (χ0v) is 17.9. The van der Waals surface area contributed by atoms with Crippen LogP contribution in [0.2, 0.25) is 0 Å². The average molecular weight is 428 g/mol. The smallest absolute Gasteiger partial charge is 0.242 e. The molecule has 0 spiro atoms. The zero-order chi connectivity index (χ0) is 21.7. The molecule has 0 radical (unpaired) electrons. The van der Waals surface area contributed by atoms with Crippen LogP contribution in [0.5, 0.6) is 0 Å². The number of hydrogen-bond acceptors (Lipinski definition) is 6. The summed E-state index contributed by atoms with van der Waals surface area (Å²) in [5.41, 5.74) is 1.01. The van der Waals surface area contributed by atoms with Crippen LogP contribution in [0.3, 0.4) is 0 Å². The van der Waals surface area contributed by atoms with E-state index in [2.05, 4.69) is 0 Å². The molecular formula is C18H23N2O6S2-. The SMILES string of the molecule is CN(C)S(=O)(=O)c1ccc(C(=O)[O-])cc1.Cc1ccc(S(=O)(=O)N(C)C)cc1. The number of benzene rings is 2. The van der Waals surface area contributed by atoms with Gasteiger partial charge < -0.3 is 9.90 Å². The minimum absolute atomic E-state index is 0.0484. The van der Waals surface area contributed by atoms with Crippen molar-refractivity contribution in [3.05, 3.63) is 59.7 Å². The Bertz CT molecular complexity index is 1010. The lowest BCUT2D eigenvalue weighted by Crippen LogP contribution is -2.24. The summed E-state index contributed by atoms with van der Waals surface area (Å²) in [5.74, 6) is -1.33. The zero-order valence-electron chi connectivity index (χ0n) is 16.3. The van der Waals surface area contributed by atoms with Crippen LogP contribution < -0.4 is 5.11 Å². The van der Waals surface area contributed by atoms with Crippen molar-refractivity contribution in [3.63, 3.8) is 0 Å². The number of nitrogens with zero attached hydrogens (tertiary/aromatic N) is 2. The maximum absolute atomic E-state index is 11.6. The molecule has 0 fully saturated rings. The highest BCUT2D eigenvalue weighted by molar-refractivity contribution is 7.89. The van der Waals surface area contributed by atoms with E-state index in [4.69, 9.17) is 0 Å². The van der Waals surface area contributed by atoms with E-state index < -0.39 is 26.0 Å². The Morgan fingerprint density at radius 1 is 0.714 bits per heavy atom. The van der Waals surface area contributed by atoms with Crippen molar-refractivity contribution in [2.45, 2.75) is 16.7 Å². The van der Waals surface area contributed by atoms with Crippen LogP contribution in [0, 0.1) is 6.92 Å². The summed E-state index contributed by atoms with van der Waals surface area (Å²) in [6.45, 7) is 1.92. The molecule has 28 heavy (non-hydrogen) atoms. The molecule has 0 aromatic heterocycles. The van der Waals surface area contributed by atoms with Gasteiger partial charge in [-0.15, -0.1) is 0 Å². The first-order valence-electron chi connectivity index (χ1n) is 8.03. The number of carboxylic acid groups (broad SMARTS) is 1. The highest BCUT2D eigenvalue weighted by atomic mass is 32.2. The highest BCUT2D eigenvalue weighted by Crippen LogP contribution is 2.14. The number of carbonyl (C=O) groups is 1. The lowest BCUT2D eigenvalue weighted by molar-refractivity contribution is -0.255. The molecule has 10 heteroatoms. The van der Waals surface area contributed by atoms with Gasteiger partial charge in [-0.2, -0.15) is 0 Å². The molecule has 0 N–H and O–H groups in total. The summed E-state index contributed by atoms with van der Waals surface area (Å²) >= 11 is 0. The van der Waals surface area contributed by atoms with E-state index in [1.54, 1.807) is 24.3 Å². The van der Waals surface area contributed by atoms with Crippen LogP contribution in [0.15, 0.2) is 58.3 Å². The fourth-order valence-electron chi connectivity index (χ4n) is 1.89. The van der Waals surface area contributed by atoms with E-state index >= 15 is 0 Å². The molecule has 0 aliphatic carbocycles. The minimum Gasteiger partial charge on any atom is -0.545 e. The van der Waals surface area contributed by atoms with Gasteiger partial charge in [0.25, 0.3) is 0 Å². The monoisotopic (exact) mass is 427 g/mol. The van der Waals surface area contributed by atoms with Gasteiger partial charge in [-0.05, 0) is 36.8 Å². The minimum atomic E-state index is -3.50. The molecule has 2 rings (SSSR count). The largest absolute Gasteiger partial charge is 0.545 e. The maximum atomic E-state index is 11.6. The van der Waals surface area contributed by atoms with Crippen molar-refractivity contribution in [1.82, 2.24) is 8.61 Å². The number of sulfonamides is 2. The Hall–Kier alpha value is -2.27. The molecule has 0 amide bonds. The molecule has 0 bridgehead atoms. The lowest BCUT2D eigenvalue weighted by Gasteiger charge is -2.11. The number of carbonyl (C=O) groups excluding carboxylic acids is 1. The van der Waals surface area contributed by atoms with Crippen LogP contribution >= 0.6 is 0 Å². The number of rotatable bonds is 5. The molecule has 8 nitrogen and oxygen atoms in total. The first-order valence-corrected chi connectivity index (χ1v) is 10.9. The molecule has 0 saturated carbocycles. The quantitative estimate of drug-likeness (QED) is 0.688. The summed E-state index contributed by atoms with van der Waals surface area (Å²) in [6, 6.07) is 11.7. The number of carboxylic acids is 1.